The molecule has 1 aromatic heterocycles. The quantitative estimate of drug-likeness (QED) is 0.844. The van der Waals surface area contributed by atoms with Gasteiger partial charge in [0, 0.05) is 37.0 Å². The molecular formula is C15H17N3O. The second-order valence-electron chi connectivity index (χ2n) is 4.81. The summed E-state index contributed by atoms with van der Waals surface area (Å²) in [6.45, 7) is 4.68. The van der Waals surface area contributed by atoms with Crippen LogP contribution >= 0.6 is 0 Å². The van der Waals surface area contributed by atoms with Crippen molar-refractivity contribution >= 4 is 5.91 Å². The Morgan fingerprint density at radius 1 is 1.32 bits per heavy atom. The maximum Gasteiger partial charge on any atom is 0.253 e. The summed E-state index contributed by atoms with van der Waals surface area (Å²) in [4.78, 5) is 14.1. The Morgan fingerprint density at radius 2 is 2.16 bits per heavy atom. The first-order valence-electron chi connectivity index (χ1n) is 6.70. The molecule has 1 amide bonds. The van der Waals surface area contributed by atoms with Crippen LogP contribution in [0.2, 0.25) is 0 Å². The van der Waals surface area contributed by atoms with E-state index in [0.29, 0.717) is 0 Å². The van der Waals surface area contributed by atoms with Crippen molar-refractivity contribution in [3.05, 3.63) is 42.2 Å². The minimum atomic E-state index is 0.135. The molecule has 4 heteroatoms. The van der Waals surface area contributed by atoms with Crippen molar-refractivity contribution in [2.45, 2.75) is 19.9 Å². The fourth-order valence-electron chi connectivity index (χ4n) is 2.22. The second-order valence-corrected chi connectivity index (χ2v) is 4.81. The number of hydrogen-bond acceptors (Lipinski definition) is 2. The molecule has 1 aliphatic rings. The van der Waals surface area contributed by atoms with Crippen LogP contribution in [-0.2, 0) is 6.54 Å². The first-order chi connectivity index (χ1) is 9.28. The van der Waals surface area contributed by atoms with Crippen LogP contribution in [0.1, 0.15) is 23.7 Å². The van der Waals surface area contributed by atoms with Gasteiger partial charge in [0.2, 0.25) is 0 Å². The number of carbonyl (C=O) groups excluding carboxylic acids is 1. The lowest BCUT2D eigenvalue weighted by Gasteiger charge is -2.31. The molecule has 2 aromatic rings. The topological polar surface area (TPSA) is 38.1 Å². The van der Waals surface area contributed by atoms with Crippen molar-refractivity contribution in [1.82, 2.24) is 14.7 Å². The molecule has 1 saturated heterocycles. The standard InChI is InChI=1S/C15H17N3O/c1-2-18-11-14(10-16-18)12-5-3-6-13(9-12)15(19)17-7-4-8-17/h3,5-6,9-11H,2,4,7-8H2,1H3. The van der Waals surface area contributed by atoms with Gasteiger partial charge in [0.15, 0.2) is 0 Å². The van der Waals surface area contributed by atoms with Gasteiger partial charge in [0.1, 0.15) is 0 Å². The number of nitrogens with zero attached hydrogens (tertiary/aromatic N) is 3. The predicted octanol–water partition coefficient (Wildman–Crippen LogP) is 2.42. The van der Waals surface area contributed by atoms with Crippen LogP contribution in [0.5, 0.6) is 0 Å². The van der Waals surface area contributed by atoms with Crippen molar-refractivity contribution in [1.29, 1.82) is 0 Å². The molecule has 0 bridgehead atoms. The van der Waals surface area contributed by atoms with E-state index < -0.39 is 0 Å². The van der Waals surface area contributed by atoms with Gasteiger partial charge in [-0.1, -0.05) is 12.1 Å². The van der Waals surface area contributed by atoms with Gasteiger partial charge in [0.25, 0.3) is 5.91 Å². The van der Waals surface area contributed by atoms with Crippen LogP contribution in [0.4, 0.5) is 0 Å². The van der Waals surface area contributed by atoms with Gasteiger partial charge in [-0.2, -0.15) is 5.10 Å². The van der Waals surface area contributed by atoms with E-state index >= 15 is 0 Å². The van der Waals surface area contributed by atoms with Crippen LogP contribution in [0.3, 0.4) is 0 Å². The monoisotopic (exact) mass is 255 g/mol. The third-order valence-corrected chi connectivity index (χ3v) is 3.54. The van der Waals surface area contributed by atoms with E-state index in [1.54, 1.807) is 0 Å². The lowest BCUT2D eigenvalue weighted by Crippen LogP contribution is -2.41. The predicted molar refractivity (Wildman–Crippen MR) is 73.9 cm³/mol. The molecule has 0 spiro atoms. The van der Waals surface area contributed by atoms with Crippen molar-refractivity contribution < 1.29 is 4.79 Å². The van der Waals surface area contributed by atoms with Crippen molar-refractivity contribution in [2.75, 3.05) is 13.1 Å². The fraction of sp³-hybridized carbons (Fsp3) is 0.333. The largest absolute Gasteiger partial charge is 0.339 e. The SMILES string of the molecule is CCn1cc(-c2cccc(C(=O)N3CCC3)c2)cn1. The minimum Gasteiger partial charge on any atom is -0.339 e. The van der Waals surface area contributed by atoms with Gasteiger partial charge in [-0.05, 0) is 31.0 Å². The molecule has 4 nitrogen and oxygen atoms in total. The summed E-state index contributed by atoms with van der Waals surface area (Å²) in [5.41, 5.74) is 2.87. The van der Waals surface area contributed by atoms with E-state index in [0.717, 1.165) is 42.7 Å². The fourth-order valence-corrected chi connectivity index (χ4v) is 2.22. The van der Waals surface area contributed by atoms with Crippen LogP contribution in [-0.4, -0.2) is 33.7 Å². The normalized spacial score (nSPS) is 14.3. The molecule has 2 heterocycles. The molecule has 0 aliphatic carbocycles. The summed E-state index contributed by atoms with van der Waals surface area (Å²) in [5, 5.41) is 4.27. The summed E-state index contributed by atoms with van der Waals surface area (Å²) in [6, 6.07) is 7.79. The Bertz CT molecular complexity index is 599. The van der Waals surface area contributed by atoms with E-state index in [1.165, 1.54) is 0 Å². The van der Waals surface area contributed by atoms with Gasteiger partial charge < -0.3 is 4.90 Å². The lowest BCUT2D eigenvalue weighted by molar-refractivity contribution is 0.0652. The third kappa shape index (κ3) is 2.26. The number of rotatable bonds is 3. The van der Waals surface area contributed by atoms with E-state index in [2.05, 4.69) is 12.0 Å². The Labute approximate surface area is 112 Å². The molecule has 1 fully saturated rings. The molecule has 0 N–H and O–H groups in total. The minimum absolute atomic E-state index is 0.135. The van der Waals surface area contributed by atoms with Crippen LogP contribution in [0.15, 0.2) is 36.7 Å². The first kappa shape index (κ1) is 12.0. The van der Waals surface area contributed by atoms with Gasteiger partial charge in [-0.3, -0.25) is 9.48 Å². The molecule has 19 heavy (non-hydrogen) atoms. The van der Waals surface area contributed by atoms with Crippen LogP contribution in [0, 0.1) is 0 Å². The number of aromatic nitrogens is 2. The molecule has 0 atom stereocenters. The highest BCUT2D eigenvalue weighted by Gasteiger charge is 2.21. The zero-order chi connectivity index (χ0) is 13.2. The average Bonchev–Trinajstić information content (AvgIpc) is 2.85. The third-order valence-electron chi connectivity index (χ3n) is 3.54. The number of benzene rings is 1. The van der Waals surface area contributed by atoms with Crippen molar-refractivity contribution in [3.8, 4) is 11.1 Å². The summed E-state index contributed by atoms with van der Waals surface area (Å²) < 4.78 is 1.89. The van der Waals surface area contributed by atoms with Gasteiger partial charge >= 0.3 is 0 Å². The number of likely N-dealkylation sites (tertiary alicyclic amines) is 1. The number of amides is 1. The molecule has 0 unspecified atom stereocenters. The number of hydrogen-bond donors (Lipinski definition) is 0. The van der Waals surface area contributed by atoms with E-state index in [1.807, 2.05) is 46.2 Å². The first-order valence-corrected chi connectivity index (χ1v) is 6.70. The lowest BCUT2D eigenvalue weighted by atomic mass is 10.0. The maximum atomic E-state index is 12.2. The highest BCUT2D eigenvalue weighted by molar-refractivity contribution is 5.95. The Balaban J connectivity index is 1.88. The van der Waals surface area contributed by atoms with Crippen LogP contribution in [0.25, 0.3) is 11.1 Å². The van der Waals surface area contributed by atoms with Gasteiger partial charge in [-0.15, -0.1) is 0 Å². The van der Waals surface area contributed by atoms with E-state index in [-0.39, 0.29) is 5.91 Å². The molecule has 0 saturated carbocycles. The zero-order valence-corrected chi connectivity index (χ0v) is 11.0. The molecule has 1 aromatic carbocycles. The van der Waals surface area contributed by atoms with Gasteiger partial charge in [-0.25, -0.2) is 0 Å². The summed E-state index contributed by atoms with van der Waals surface area (Å²) in [7, 11) is 0. The Kier molecular flexibility index (Phi) is 3.07. The Morgan fingerprint density at radius 3 is 2.79 bits per heavy atom. The van der Waals surface area contributed by atoms with Crippen LogP contribution < -0.4 is 0 Å². The highest BCUT2D eigenvalue weighted by Crippen LogP contribution is 2.21. The van der Waals surface area contributed by atoms with Crippen molar-refractivity contribution in [3.63, 3.8) is 0 Å². The van der Waals surface area contributed by atoms with E-state index in [9.17, 15) is 4.79 Å². The van der Waals surface area contributed by atoms with Crippen molar-refractivity contribution in [2.24, 2.45) is 0 Å². The molecule has 1 aliphatic heterocycles. The summed E-state index contributed by atoms with van der Waals surface area (Å²) in [5.74, 6) is 0.135. The molecule has 0 radical (unpaired) electrons. The highest BCUT2D eigenvalue weighted by atomic mass is 16.2. The van der Waals surface area contributed by atoms with E-state index in [4.69, 9.17) is 0 Å². The molecule has 98 valence electrons. The maximum absolute atomic E-state index is 12.2. The number of carbonyl (C=O) groups is 1. The van der Waals surface area contributed by atoms with Gasteiger partial charge in [0.05, 0.1) is 6.20 Å². The Hall–Kier alpha value is -2.10. The molecule has 3 rings (SSSR count). The second kappa shape index (κ2) is 4.88. The molecular weight excluding hydrogens is 238 g/mol. The number of aryl methyl sites for hydroxylation is 1. The average molecular weight is 255 g/mol. The summed E-state index contributed by atoms with van der Waals surface area (Å²) in [6.07, 6.45) is 4.97. The smallest absolute Gasteiger partial charge is 0.253 e. The summed E-state index contributed by atoms with van der Waals surface area (Å²) >= 11 is 0. The zero-order valence-electron chi connectivity index (χ0n) is 11.0.